The third-order valence-electron chi connectivity index (χ3n) is 5.73. The molecule has 2 N–H and O–H groups in total. The Morgan fingerprint density at radius 2 is 1.77 bits per heavy atom. The fourth-order valence-corrected chi connectivity index (χ4v) is 3.86. The first kappa shape index (κ1) is 21.7. The summed E-state index contributed by atoms with van der Waals surface area (Å²) in [7, 11) is 1.64. The summed E-state index contributed by atoms with van der Waals surface area (Å²) in [5.41, 5.74) is 2.30. The minimum atomic E-state index is -0.675. The number of piperidine rings is 1. The fraction of sp³-hybridized carbons (Fsp3) is 0.409. The lowest BCUT2D eigenvalue weighted by atomic mass is 10.0. The number of Topliss-reactive ketones (excluding diaryl/α,β-unsaturated/α-hetero) is 1. The highest BCUT2D eigenvalue weighted by atomic mass is 19.1. The number of aryl methyl sites for hydroxylation is 1. The van der Waals surface area contributed by atoms with Gasteiger partial charge in [0.25, 0.3) is 17.6 Å². The van der Waals surface area contributed by atoms with Crippen LogP contribution in [0, 0.1) is 26.6 Å². The molecular weight excluding hydrogens is 389 g/mol. The third kappa shape index (κ3) is 4.00. The van der Waals surface area contributed by atoms with E-state index in [0.717, 1.165) is 0 Å². The molecule has 2 amide bonds. The van der Waals surface area contributed by atoms with Gasteiger partial charge in [-0.15, -0.1) is 0 Å². The molecule has 3 rings (SSSR count). The highest BCUT2D eigenvalue weighted by molar-refractivity contribution is 6.43. The van der Waals surface area contributed by atoms with Gasteiger partial charge >= 0.3 is 0 Å². The number of carbonyl (C=O) groups excluding carboxylic acids is 3. The van der Waals surface area contributed by atoms with Crippen LogP contribution in [-0.4, -0.2) is 51.4 Å². The van der Waals surface area contributed by atoms with E-state index in [-0.39, 0.29) is 11.5 Å². The van der Waals surface area contributed by atoms with Crippen molar-refractivity contribution in [3.63, 3.8) is 0 Å². The van der Waals surface area contributed by atoms with Crippen LogP contribution in [0.5, 0.6) is 0 Å². The van der Waals surface area contributed by atoms with E-state index >= 15 is 0 Å². The van der Waals surface area contributed by atoms with Gasteiger partial charge in [-0.05, 0) is 62.9 Å². The van der Waals surface area contributed by atoms with E-state index < -0.39 is 23.7 Å². The zero-order valence-electron chi connectivity index (χ0n) is 17.6. The standard InChI is InChI=1S/C22H26FN3O4/c1-12-11-15(5-6-17(12)23)24-21(29)18-13(2)19(25(4)14(18)3)20(28)22(30)26-9-7-16(27)8-10-26/h5-6,11,16,27H,7-10H2,1-4H3,(H,24,29). The highest BCUT2D eigenvalue weighted by Gasteiger charge is 2.32. The largest absolute Gasteiger partial charge is 0.393 e. The lowest BCUT2D eigenvalue weighted by Gasteiger charge is -2.29. The number of nitrogens with zero attached hydrogens (tertiary/aromatic N) is 2. The maximum atomic E-state index is 13.5. The molecule has 1 fully saturated rings. The van der Waals surface area contributed by atoms with Crippen molar-refractivity contribution in [2.75, 3.05) is 18.4 Å². The van der Waals surface area contributed by atoms with Gasteiger partial charge in [0.2, 0.25) is 0 Å². The predicted octanol–water partition coefficient (Wildman–Crippen LogP) is 2.51. The molecule has 0 spiro atoms. The van der Waals surface area contributed by atoms with E-state index in [1.54, 1.807) is 32.4 Å². The Balaban J connectivity index is 1.87. The molecule has 7 nitrogen and oxygen atoms in total. The van der Waals surface area contributed by atoms with Crippen molar-refractivity contribution in [3.05, 3.63) is 52.1 Å². The lowest BCUT2D eigenvalue weighted by Crippen LogP contribution is -2.43. The van der Waals surface area contributed by atoms with Crippen molar-refractivity contribution >= 4 is 23.3 Å². The molecule has 0 saturated carbocycles. The predicted molar refractivity (Wildman–Crippen MR) is 110 cm³/mol. The zero-order valence-corrected chi connectivity index (χ0v) is 17.6. The molecule has 2 aromatic rings. The summed E-state index contributed by atoms with van der Waals surface area (Å²) in [4.78, 5) is 40.0. The van der Waals surface area contributed by atoms with Crippen molar-refractivity contribution in [3.8, 4) is 0 Å². The molecule has 1 aromatic heterocycles. The highest BCUT2D eigenvalue weighted by Crippen LogP contribution is 2.24. The number of carbonyl (C=O) groups is 3. The van der Waals surface area contributed by atoms with Gasteiger partial charge in [0.15, 0.2) is 0 Å². The van der Waals surface area contributed by atoms with Crippen molar-refractivity contribution in [2.24, 2.45) is 7.05 Å². The molecule has 8 heteroatoms. The van der Waals surface area contributed by atoms with Crippen LogP contribution in [0.4, 0.5) is 10.1 Å². The molecule has 1 aliphatic heterocycles. The number of aliphatic hydroxyl groups is 1. The van der Waals surface area contributed by atoms with E-state index in [2.05, 4.69) is 5.32 Å². The summed E-state index contributed by atoms with van der Waals surface area (Å²) < 4.78 is 15.0. The molecular formula is C22H26FN3O4. The van der Waals surface area contributed by atoms with Gasteiger partial charge in [-0.2, -0.15) is 0 Å². The van der Waals surface area contributed by atoms with Crippen molar-refractivity contribution in [1.29, 1.82) is 0 Å². The number of nitrogens with one attached hydrogen (secondary N) is 1. The summed E-state index contributed by atoms with van der Waals surface area (Å²) in [5.74, 6) is -2.10. The maximum absolute atomic E-state index is 13.5. The number of aliphatic hydroxyl groups excluding tert-OH is 1. The molecule has 0 unspecified atom stereocenters. The van der Waals surface area contributed by atoms with Crippen molar-refractivity contribution in [1.82, 2.24) is 9.47 Å². The molecule has 1 saturated heterocycles. The van der Waals surface area contributed by atoms with Crippen molar-refractivity contribution < 1.29 is 23.9 Å². The average Bonchev–Trinajstić information content (AvgIpc) is 2.93. The van der Waals surface area contributed by atoms with E-state index in [0.29, 0.717) is 54.0 Å². The Bertz CT molecular complexity index is 1020. The van der Waals surface area contributed by atoms with Gasteiger partial charge in [-0.25, -0.2) is 4.39 Å². The SMILES string of the molecule is Cc1cc(NC(=O)c2c(C)c(C(=O)C(=O)N3CCC(O)CC3)n(C)c2C)ccc1F. The minimum absolute atomic E-state index is 0.170. The van der Waals surface area contributed by atoms with Gasteiger partial charge in [0.1, 0.15) is 5.82 Å². The van der Waals surface area contributed by atoms with Crippen LogP contribution >= 0.6 is 0 Å². The molecule has 0 aliphatic carbocycles. The normalized spacial score (nSPS) is 14.7. The molecule has 0 bridgehead atoms. The van der Waals surface area contributed by atoms with E-state index in [1.165, 1.54) is 23.1 Å². The second-order valence-corrected chi connectivity index (χ2v) is 7.76. The van der Waals surface area contributed by atoms with E-state index in [4.69, 9.17) is 0 Å². The van der Waals surface area contributed by atoms with Crippen LogP contribution in [0.2, 0.25) is 0 Å². The first-order valence-electron chi connectivity index (χ1n) is 9.86. The Kier molecular flexibility index (Phi) is 6.07. The Morgan fingerprint density at radius 1 is 1.13 bits per heavy atom. The molecule has 0 atom stereocenters. The smallest absolute Gasteiger partial charge is 0.296 e. The molecule has 2 heterocycles. The number of amides is 2. The average molecular weight is 415 g/mol. The second kappa shape index (κ2) is 8.39. The summed E-state index contributed by atoms with van der Waals surface area (Å²) in [6, 6.07) is 4.27. The van der Waals surface area contributed by atoms with Crippen LogP contribution in [0.15, 0.2) is 18.2 Å². The quantitative estimate of drug-likeness (QED) is 0.593. The summed E-state index contributed by atoms with van der Waals surface area (Å²) >= 11 is 0. The number of rotatable bonds is 4. The van der Waals surface area contributed by atoms with Crippen LogP contribution in [0.1, 0.15) is 50.5 Å². The Hall–Kier alpha value is -3.00. The fourth-order valence-electron chi connectivity index (χ4n) is 3.86. The molecule has 30 heavy (non-hydrogen) atoms. The lowest BCUT2D eigenvalue weighted by molar-refractivity contribution is -0.128. The van der Waals surface area contributed by atoms with Crippen molar-refractivity contribution in [2.45, 2.75) is 39.7 Å². The second-order valence-electron chi connectivity index (χ2n) is 7.76. The zero-order chi connectivity index (χ0) is 22.2. The first-order valence-corrected chi connectivity index (χ1v) is 9.86. The van der Waals surface area contributed by atoms with Gasteiger partial charge in [0, 0.05) is 31.5 Å². The number of hydrogen-bond acceptors (Lipinski definition) is 4. The number of aromatic nitrogens is 1. The molecule has 0 radical (unpaired) electrons. The molecule has 160 valence electrons. The molecule has 1 aliphatic rings. The monoisotopic (exact) mass is 415 g/mol. The topological polar surface area (TPSA) is 91.6 Å². The van der Waals surface area contributed by atoms with Crippen LogP contribution in [0.3, 0.4) is 0 Å². The summed E-state index contributed by atoms with van der Waals surface area (Å²) in [5, 5.41) is 12.3. The third-order valence-corrected chi connectivity index (χ3v) is 5.73. The van der Waals surface area contributed by atoms with Crippen LogP contribution in [-0.2, 0) is 11.8 Å². The first-order chi connectivity index (χ1) is 14.1. The van der Waals surface area contributed by atoms with Crippen LogP contribution < -0.4 is 5.32 Å². The van der Waals surface area contributed by atoms with Gasteiger partial charge in [-0.1, -0.05) is 0 Å². The number of likely N-dealkylation sites (tertiary alicyclic amines) is 1. The number of benzene rings is 1. The number of anilines is 1. The Labute approximate surface area is 174 Å². The van der Waals surface area contributed by atoms with Gasteiger partial charge in [-0.3, -0.25) is 14.4 Å². The van der Waals surface area contributed by atoms with Gasteiger partial charge < -0.3 is 19.9 Å². The van der Waals surface area contributed by atoms with E-state index in [9.17, 15) is 23.9 Å². The Morgan fingerprint density at radius 3 is 2.37 bits per heavy atom. The maximum Gasteiger partial charge on any atom is 0.296 e. The number of ketones is 1. The summed E-state index contributed by atoms with van der Waals surface area (Å²) in [6.07, 6.45) is 0.428. The molecule has 1 aromatic carbocycles. The van der Waals surface area contributed by atoms with Gasteiger partial charge in [0.05, 0.1) is 17.4 Å². The number of halogens is 1. The minimum Gasteiger partial charge on any atom is -0.393 e. The summed E-state index contributed by atoms with van der Waals surface area (Å²) in [6.45, 7) is 5.59. The van der Waals surface area contributed by atoms with Crippen LogP contribution in [0.25, 0.3) is 0 Å². The number of hydrogen-bond donors (Lipinski definition) is 2. The van der Waals surface area contributed by atoms with E-state index in [1.807, 2.05) is 0 Å².